The van der Waals surface area contributed by atoms with Gasteiger partial charge in [0.05, 0.1) is 31.9 Å². The molecule has 1 aliphatic heterocycles. The molecule has 0 fully saturated rings. The molecule has 2 aromatic rings. The Labute approximate surface area is 161 Å². The van der Waals surface area contributed by atoms with E-state index in [4.69, 9.17) is 15.2 Å². The van der Waals surface area contributed by atoms with E-state index in [0.717, 1.165) is 15.8 Å². The molecule has 9 heteroatoms. The van der Waals surface area contributed by atoms with Crippen LogP contribution < -0.4 is 26.6 Å². The molecule has 0 radical (unpaired) electrons. The number of methoxy groups -OCH3 is 1. The van der Waals surface area contributed by atoms with Gasteiger partial charge in [-0.15, -0.1) is 0 Å². The normalized spacial score (nSPS) is 15.8. The van der Waals surface area contributed by atoms with Gasteiger partial charge in [0.15, 0.2) is 5.78 Å². The number of aromatic nitrogens is 2. The van der Waals surface area contributed by atoms with Crippen molar-refractivity contribution in [2.75, 3.05) is 37.4 Å². The van der Waals surface area contributed by atoms with Crippen LogP contribution in [0.15, 0.2) is 27.8 Å². The SMILES string of the molecule is COCCn1c(N)c(C(=O)CN2C[C@H](C)Oc3cc(C)ccc32)c(=O)[nH]c1=O. The number of rotatable bonds is 6. The summed E-state index contributed by atoms with van der Waals surface area (Å²) >= 11 is 0. The largest absolute Gasteiger partial charge is 0.487 e. The van der Waals surface area contributed by atoms with Crippen molar-refractivity contribution in [3.05, 3.63) is 50.2 Å². The number of hydrogen-bond acceptors (Lipinski definition) is 7. The molecule has 0 saturated carbocycles. The predicted octanol–water partition coefficient (Wildman–Crippen LogP) is 0.544. The average Bonchev–Trinajstić information content (AvgIpc) is 2.60. The van der Waals surface area contributed by atoms with E-state index in [1.807, 2.05) is 36.9 Å². The van der Waals surface area contributed by atoms with Crippen molar-refractivity contribution in [3.8, 4) is 5.75 Å². The van der Waals surface area contributed by atoms with Crippen molar-refractivity contribution in [2.45, 2.75) is 26.5 Å². The highest BCUT2D eigenvalue weighted by Gasteiger charge is 2.27. The number of H-pyrrole nitrogens is 1. The first-order valence-corrected chi connectivity index (χ1v) is 8.98. The molecule has 1 atom stereocenters. The first-order valence-electron chi connectivity index (χ1n) is 8.98. The zero-order chi connectivity index (χ0) is 20.4. The number of carbonyl (C=O) groups is 1. The summed E-state index contributed by atoms with van der Waals surface area (Å²) in [6, 6.07) is 5.73. The Morgan fingerprint density at radius 2 is 2.14 bits per heavy atom. The third-order valence-electron chi connectivity index (χ3n) is 4.63. The van der Waals surface area contributed by atoms with E-state index in [1.54, 1.807) is 0 Å². The van der Waals surface area contributed by atoms with Gasteiger partial charge in [-0.3, -0.25) is 19.1 Å². The van der Waals surface area contributed by atoms with Crippen LogP contribution in [-0.2, 0) is 11.3 Å². The molecule has 0 saturated heterocycles. The Morgan fingerprint density at radius 1 is 1.39 bits per heavy atom. The predicted molar refractivity (Wildman–Crippen MR) is 105 cm³/mol. The quantitative estimate of drug-likeness (QED) is 0.693. The Bertz CT molecular complexity index is 1010. The molecule has 28 heavy (non-hydrogen) atoms. The zero-order valence-corrected chi connectivity index (χ0v) is 16.2. The van der Waals surface area contributed by atoms with Crippen molar-refractivity contribution in [1.29, 1.82) is 0 Å². The van der Waals surface area contributed by atoms with E-state index in [0.29, 0.717) is 12.3 Å². The third kappa shape index (κ3) is 3.79. The lowest BCUT2D eigenvalue weighted by Crippen LogP contribution is -2.43. The number of benzene rings is 1. The van der Waals surface area contributed by atoms with Gasteiger partial charge in [-0.1, -0.05) is 6.07 Å². The molecule has 0 spiro atoms. The number of nitrogens with two attached hydrogens (primary N) is 1. The molecule has 2 heterocycles. The summed E-state index contributed by atoms with van der Waals surface area (Å²) < 4.78 is 11.9. The summed E-state index contributed by atoms with van der Waals surface area (Å²) in [5.74, 6) is 0.0743. The summed E-state index contributed by atoms with van der Waals surface area (Å²) in [5, 5.41) is 0. The number of nitrogens with zero attached hydrogens (tertiary/aromatic N) is 2. The van der Waals surface area contributed by atoms with E-state index in [1.165, 1.54) is 7.11 Å². The second kappa shape index (κ2) is 7.89. The molecule has 1 aromatic carbocycles. The number of aromatic amines is 1. The van der Waals surface area contributed by atoms with Crippen LogP contribution in [0.5, 0.6) is 5.75 Å². The van der Waals surface area contributed by atoms with Crippen molar-refractivity contribution < 1.29 is 14.3 Å². The maximum Gasteiger partial charge on any atom is 0.330 e. The molecular formula is C19H24N4O5. The molecule has 1 aliphatic rings. The molecule has 3 rings (SSSR count). The average molecular weight is 388 g/mol. The molecular weight excluding hydrogens is 364 g/mol. The first-order chi connectivity index (χ1) is 13.3. The fourth-order valence-electron chi connectivity index (χ4n) is 3.30. The molecule has 3 N–H and O–H groups in total. The van der Waals surface area contributed by atoms with Crippen molar-refractivity contribution in [3.63, 3.8) is 0 Å². The molecule has 0 aliphatic carbocycles. The van der Waals surface area contributed by atoms with E-state index in [2.05, 4.69) is 4.98 Å². The van der Waals surface area contributed by atoms with Crippen LogP contribution in [-0.4, -0.2) is 48.2 Å². The Balaban J connectivity index is 1.94. The lowest BCUT2D eigenvalue weighted by molar-refractivity contribution is 0.0992. The van der Waals surface area contributed by atoms with Crippen LogP contribution in [0.1, 0.15) is 22.8 Å². The highest BCUT2D eigenvalue weighted by Crippen LogP contribution is 2.34. The number of anilines is 2. The molecule has 0 unspecified atom stereocenters. The van der Waals surface area contributed by atoms with Crippen LogP contribution in [0.3, 0.4) is 0 Å². The number of fused-ring (bicyclic) bond motifs is 1. The van der Waals surface area contributed by atoms with Crippen LogP contribution in [0.25, 0.3) is 0 Å². The van der Waals surface area contributed by atoms with Gasteiger partial charge in [-0.05, 0) is 31.5 Å². The van der Waals surface area contributed by atoms with Gasteiger partial charge >= 0.3 is 5.69 Å². The minimum absolute atomic E-state index is 0.0560. The Morgan fingerprint density at radius 3 is 2.86 bits per heavy atom. The van der Waals surface area contributed by atoms with Crippen molar-refractivity contribution in [1.82, 2.24) is 9.55 Å². The van der Waals surface area contributed by atoms with Gasteiger partial charge in [-0.2, -0.15) is 0 Å². The summed E-state index contributed by atoms with van der Waals surface area (Å²) in [6.07, 6.45) is -0.117. The minimum Gasteiger partial charge on any atom is -0.487 e. The van der Waals surface area contributed by atoms with Crippen molar-refractivity contribution in [2.24, 2.45) is 0 Å². The van der Waals surface area contributed by atoms with E-state index >= 15 is 0 Å². The number of carbonyl (C=O) groups excluding carboxylic acids is 1. The Kier molecular flexibility index (Phi) is 5.55. The monoisotopic (exact) mass is 388 g/mol. The standard InChI is InChI=1S/C19H24N4O5/c1-11-4-5-13-15(8-11)28-12(2)9-22(13)10-14(24)16-17(20)23(6-7-27-3)19(26)21-18(16)25/h4-5,8,12H,6-7,9-10,20H2,1-3H3,(H,21,25,26)/t12-/m0/s1. The topological polar surface area (TPSA) is 120 Å². The zero-order valence-electron chi connectivity index (χ0n) is 16.2. The molecule has 150 valence electrons. The maximum absolute atomic E-state index is 12.9. The third-order valence-corrected chi connectivity index (χ3v) is 4.63. The summed E-state index contributed by atoms with van der Waals surface area (Å²) in [6.45, 7) is 4.66. The fraction of sp³-hybridized carbons (Fsp3) is 0.421. The van der Waals surface area contributed by atoms with Gasteiger partial charge in [0.25, 0.3) is 5.56 Å². The molecule has 9 nitrogen and oxygen atoms in total. The molecule has 1 aromatic heterocycles. The van der Waals surface area contributed by atoms with Gasteiger partial charge in [0.1, 0.15) is 23.2 Å². The number of aryl methyl sites for hydroxylation is 1. The lowest BCUT2D eigenvalue weighted by Gasteiger charge is -2.34. The summed E-state index contributed by atoms with van der Waals surface area (Å²) in [7, 11) is 1.48. The van der Waals surface area contributed by atoms with E-state index in [9.17, 15) is 14.4 Å². The van der Waals surface area contributed by atoms with E-state index < -0.39 is 17.0 Å². The van der Waals surface area contributed by atoms with Crippen LogP contribution in [0.4, 0.5) is 11.5 Å². The summed E-state index contributed by atoms with van der Waals surface area (Å²) in [4.78, 5) is 41.2. The second-order valence-electron chi connectivity index (χ2n) is 6.87. The van der Waals surface area contributed by atoms with Gasteiger partial charge < -0.3 is 20.1 Å². The number of Topliss-reactive ketones (excluding diaryl/α,β-unsaturated/α-hetero) is 1. The minimum atomic E-state index is -0.786. The van der Waals surface area contributed by atoms with E-state index in [-0.39, 0.29) is 37.2 Å². The van der Waals surface area contributed by atoms with Gasteiger partial charge in [-0.25, -0.2) is 4.79 Å². The fourth-order valence-corrected chi connectivity index (χ4v) is 3.30. The van der Waals surface area contributed by atoms with Gasteiger partial charge in [0, 0.05) is 7.11 Å². The number of ether oxygens (including phenoxy) is 2. The first kappa shape index (κ1) is 19.7. The van der Waals surface area contributed by atoms with Crippen molar-refractivity contribution >= 4 is 17.3 Å². The lowest BCUT2D eigenvalue weighted by atomic mass is 10.1. The van der Waals surface area contributed by atoms with Crippen LogP contribution in [0.2, 0.25) is 0 Å². The second-order valence-corrected chi connectivity index (χ2v) is 6.87. The van der Waals surface area contributed by atoms with Crippen LogP contribution in [0, 0.1) is 6.92 Å². The maximum atomic E-state index is 12.9. The highest BCUT2D eigenvalue weighted by atomic mass is 16.5. The molecule has 0 amide bonds. The number of nitrogen functional groups attached to an aromatic ring is 1. The smallest absolute Gasteiger partial charge is 0.330 e. The van der Waals surface area contributed by atoms with Crippen LogP contribution >= 0.6 is 0 Å². The number of ketones is 1. The summed E-state index contributed by atoms with van der Waals surface area (Å²) in [5.41, 5.74) is 6.15. The highest BCUT2D eigenvalue weighted by molar-refractivity contribution is 6.02. The van der Waals surface area contributed by atoms with Gasteiger partial charge in [0.2, 0.25) is 0 Å². The number of nitrogens with one attached hydrogen (secondary N) is 1. The Hall–Kier alpha value is -3.07. The molecule has 0 bridgehead atoms. The number of hydrogen-bond donors (Lipinski definition) is 2.